The van der Waals surface area contributed by atoms with Crippen LogP contribution in [0.3, 0.4) is 0 Å². The van der Waals surface area contributed by atoms with Crippen molar-refractivity contribution in [3.8, 4) is 22.5 Å². The molecule has 122 valence electrons. The van der Waals surface area contributed by atoms with Crippen LogP contribution < -0.4 is 0 Å². The number of pyridine rings is 3. The molecule has 26 heavy (non-hydrogen) atoms. The standard InChI is InChI=1S/C23H15N3/c1-2-8-18-16(6-1)10-11-21-23(18)19(17-7-5-12-24-15-17)14-22(26-21)20-9-3-4-13-25-20/h1-15H. The number of fused-ring (bicyclic) bond motifs is 3. The van der Waals surface area contributed by atoms with Crippen molar-refractivity contribution in [2.24, 2.45) is 0 Å². The zero-order valence-electron chi connectivity index (χ0n) is 14.0. The Bertz CT molecular complexity index is 1220. The van der Waals surface area contributed by atoms with Gasteiger partial charge in [-0.3, -0.25) is 9.97 Å². The van der Waals surface area contributed by atoms with Crippen molar-refractivity contribution >= 4 is 21.7 Å². The molecular weight excluding hydrogens is 318 g/mol. The summed E-state index contributed by atoms with van der Waals surface area (Å²) in [5.74, 6) is 0. The van der Waals surface area contributed by atoms with Crippen LogP contribution in [0.2, 0.25) is 0 Å². The first-order valence-corrected chi connectivity index (χ1v) is 8.54. The van der Waals surface area contributed by atoms with Gasteiger partial charge in [0.15, 0.2) is 0 Å². The number of nitrogens with zero attached hydrogens (tertiary/aromatic N) is 3. The highest BCUT2D eigenvalue weighted by Gasteiger charge is 2.12. The maximum absolute atomic E-state index is 4.90. The van der Waals surface area contributed by atoms with Gasteiger partial charge in [-0.2, -0.15) is 0 Å². The lowest BCUT2D eigenvalue weighted by molar-refractivity contribution is 1.27. The smallest absolute Gasteiger partial charge is 0.0900 e. The molecule has 0 fully saturated rings. The van der Waals surface area contributed by atoms with Crippen LogP contribution in [0.25, 0.3) is 44.2 Å². The second-order valence-corrected chi connectivity index (χ2v) is 6.19. The van der Waals surface area contributed by atoms with E-state index in [1.54, 1.807) is 12.4 Å². The monoisotopic (exact) mass is 333 g/mol. The molecule has 5 rings (SSSR count). The Balaban J connectivity index is 1.92. The molecule has 2 aromatic carbocycles. The quantitative estimate of drug-likeness (QED) is 0.400. The van der Waals surface area contributed by atoms with E-state index in [9.17, 15) is 0 Å². The first kappa shape index (κ1) is 14.7. The number of rotatable bonds is 2. The highest BCUT2D eigenvalue weighted by molar-refractivity contribution is 6.13. The van der Waals surface area contributed by atoms with Gasteiger partial charge in [0, 0.05) is 29.5 Å². The summed E-state index contributed by atoms with van der Waals surface area (Å²) in [6.45, 7) is 0. The van der Waals surface area contributed by atoms with Gasteiger partial charge in [-0.15, -0.1) is 0 Å². The van der Waals surface area contributed by atoms with Gasteiger partial charge in [-0.1, -0.05) is 42.5 Å². The van der Waals surface area contributed by atoms with E-state index in [1.807, 2.05) is 30.5 Å². The fraction of sp³-hybridized carbons (Fsp3) is 0. The first-order chi connectivity index (χ1) is 12.9. The maximum atomic E-state index is 4.90. The molecule has 5 aromatic rings. The van der Waals surface area contributed by atoms with Crippen molar-refractivity contribution in [1.82, 2.24) is 15.0 Å². The highest BCUT2D eigenvalue weighted by Crippen LogP contribution is 2.35. The molecule has 0 aliphatic carbocycles. The van der Waals surface area contributed by atoms with E-state index in [0.29, 0.717) is 0 Å². The van der Waals surface area contributed by atoms with Crippen LogP contribution >= 0.6 is 0 Å². The Labute approximate surface area is 151 Å². The SMILES string of the molecule is c1ccc(-c2cc(-c3cccnc3)c3c(ccc4ccccc43)n2)nc1. The highest BCUT2D eigenvalue weighted by atomic mass is 14.8. The number of hydrogen-bond acceptors (Lipinski definition) is 3. The first-order valence-electron chi connectivity index (χ1n) is 8.54. The third-order valence-corrected chi connectivity index (χ3v) is 4.60. The molecule has 0 aliphatic heterocycles. The van der Waals surface area contributed by atoms with E-state index in [4.69, 9.17) is 4.98 Å². The summed E-state index contributed by atoms with van der Waals surface area (Å²) < 4.78 is 0. The lowest BCUT2D eigenvalue weighted by Crippen LogP contribution is -1.92. The fourth-order valence-corrected chi connectivity index (χ4v) is 3.40. The molecule has 0 saturated heterocycles. The number of aromatic nitrogens is 3. The van der Waals surface area contributed by atoms with Crippen LogP contribution in [-0.2, 0) is 0 Å². The normalized spacial score (nSPS) is 11.1. The summed E-state index contributed by atoms with van der Waals surface area (Å²) in [4.78, 5) is 13.7. The Kier molecular flexibility index (Phi) is 3.42. The van der Waals surface area contributed by atoms with Crippen molar-refractivity contribution in [2.75, 3.05) is 0 Å². The summed E-state index contributed by atoms with van der Waals surface area (Å²) in [6.07, 6.45) is 5.49. The van der Waals surface area contributed by atoms with Crippen LogP contribution in [-0.4, -0.2) is 15.0 Å². The predicted molar refractivity (Wildman–Crippen MR) is 106 cm³/mol. The van der Waals surface area contributed by atoms with Gasteiger partial charge < -0.3 is 0 Å². The topological polar surface area (TPSA) is 38.7 Å². The Morgan fingerprint density at radius 2 is 1.62 bits per heavy atom. The van der Waals surface area contributed by atoms with Crippen LogP contribution in [0.5, 0.6) is 0 Å². The van der Waals surface area contributed by atoms with Crippen LogP contribution in [0.1, 0.15) is 0 Å². The second kappa shape index (κ2) is 6.05. The summed E-state index contributed by atoms with van der Waals surface area (Å²) in [5.41, 5.74) is 4.90. The van der Waals surface area contributed by atoms with Crippen LogP contribution in [0.4, 0.5) is 0 Å². The molecule has 3 nitrogen and oxygen atoms in total. The Hall–Kier alpha value is -3.59. The minimum atomic E-state index is 0.868. The molecule has 3 heterocycles. The predicted octanol–water partition coefficient (Wildman–Crippen LogP) is 5.51. The molecule has 0 atom stereocenters. The minimum Gasteiger partial charge on any atom is -0.264 e. The average Bonchev–Trinajstić information content (AvgIpc) is 2.74. The van der Waals surface area contributed by atoms with Gasteiger partial charge >= 0.3 is 0 Å². The summed E-state index contributed by atoms with van der Waals surface area (Å²) in [7, 11) is 0. The second-order valence-electron chi connectivity index (χ2n) is 6.19. The molecular formula is C23H15N3. The summed E-state index contributed by atoms with van der Waals surface area (Å²) >= 11 is 0. The van der Waals surface area contributed by atoms with E-state index < -0.39 is 0 Å². The van der Waals surface area contributed by atoms with Crippen molar-refractivity contribution in [1.29, 1.82) is 0 Å². The largest absolute Gasteiger partial charge is 0.264 e. The van der Waals surface area contributed by atoms with Gasteiger partial charge in [0.05, 0.1) is 16.9 Å². The van der Waals surface area contributed by atoms with Crippen LogP contribution in [0, 0.1) is 0 Å². The molecule has 0 unspecified atom stereocenters. The van der Waals surface area contributed by atoms with Gasteiger partial charge in [0.25, 0.3) is 0 Å². The molecule has 0 amide bonds. The Morgan fingerprint density at radius 1 is 0.692 bits per heavy atom. The van der Waals surface area contributed by atoms with Gasteiger partial charge in [-0.25, -0.2) is 4.98 Å². The van der Waals surface area contributed by atoms with Crippen LogP contribution in [0.15, 0.2) is 91.4 Å². The van der Waals surface area contributed by atoms with Gasteiger partial charge in [0.1, 0.15) is 0 Å². The van der Waals surface area contributed by atoms with Gasteiger partial charge in [0.2, 0.25) is 0 Å². The third-order valence-electron chi connectivity index (χ3n) is 4.60. The van der Waals surface area contributed by atoms with Crippen molar-refractivity contribution in [3.63, 3.8) is 0 Å². The van der Waals surface area contributed by atoms with Crippen molar-refractivity contribution < 1.29 is 0 Å². The zero-order chi connectivity index (χ0) is 17.3. The molecule has 0 radical (unpaired) electrons. The minimum absolute atomic E-state index is 0.868. The van der Waals surface area contributed by atoms with Gasteiger partial charge in [-0.05, 0) is 46.7 Å². The Morgan fingerprint density at radius 3 is 2.46 bits per heavy atom. The fourth-order valence-electron chi connectivity index (χ4n) is 3.40. The van der Waals surface area contributed by atoms with E-state index >= 15 is 0 Å². The average molecular weight is 333 g/mol. The number of hydrogen-bond donors (Lipinski definition) is 0. The van der Waals surface area contributed by atoms with Crippen molar-refractivity contribution in [3.05, 3.63) is 91.4 Å². The molecule has 0 aliphatic rings. The molecule has 3 aromatic heterocycles. The van der Waals surface area contributed by atoms with E-state index in [-0.39, 0.29) is 0 Å². The van der Waals surface area contributed by atoms with E-state index in [0.717, 1.165) is 33.4 Å². The van der Waals surface area contributed by atoms with E-state index in [1.165, 1.54) is 10.8 Å². The van der Waals surface area contributed by atoms with Crippen molar-refractivity contribution in [2.45, 2.75) is 0 Å². The summed E-state index contributed by atoms with van der Waals surface area (Å²) in [6, 6.07) is 24.7. The lowest BCUT2D eigenvalue weighted by Gasteiger charge is -2.12. The lowest BCUT2D eigenvalue weighted by atomic mass is 9.96. The number of benzene rings is 2. The molecule has 0 spiro atoms. The maximum Gasteiger partial charge on any atom is 0.0900 e. The zero-order valence-corrected chi connectivity index (χ0v) is 14.0. The molecule has 0 saturated carbocycles. The molecule has 0 bridgehead atoms. The summed E-state index contributed by atoms with van der Waals surface area (Å²) in [5, 5.41) is 3.55. The molecule has 0 N–H and O–H groups in total. The van der Waals surface area contributed by atoms with E-state index in [2.05, 4.69) is 58.5 Å². The molecule has 3 heteroatoms. The third kappa shape index (κ3) is 2.42.